The lowest BCUT2D eigenvalue weighted by molar-refractivity contribution is 0.0939. The molecular weight excluding hydrogens is 510 g/mol. The van der Waals surface area contributed by atoms with Crippen molar-refractivity contribution in [3.05, 3.63) is 82.3 Å². The molecular formula is C34H43N5O2. The molecule has 1 aliphatic heterocycles. The van der Waals surface area contributed by atoms with Crippen molar-refractivity contribution in [2.75, 3.05) is 42.6 Å². The van der Waals surface area contributed by atoms with Crippen LogP contribution in [0.4, 0.5) is 11.8 Å². The Labute approximate surface area is 243 Å². The Kier molecular flexibility index (Phi) is 9.03. The molecule has 1 fully saturated rings. The fourth-order valence-electron chi connectivity index (χ4n) is 5.65. The highest BCUT2D eigenvalue weighted by Crippen LogP contribution is 2.36. The molecule has 0 N–H and O–H groups in total. The minimum atomic E-state index is 0.0237. The van der Waals surface area contributed by atoms with Crippen molar-refractivity contribution >= 4 is 22.7 Å². The monoisotopic (exact) mass is 553 g/mol. The van der Waals surface area contributed by atoms with E-state index >= 15 is 0 Å². The van der Waals surface area contributed by atoms with Gasteiger partial charge in [0.25, 0.3) is 5.56 Å². The van der Waals surface area contributed by atoms with Gasteiger partial charge in [0.2, 0.25) is 5.95 Å². The van der Waals surface area contributed by atoms with Gasteiger partial charge in [0.05, 0.1) is 24.8 Å². The number of fused-ring (bicyclic) bond motifs is 1. The molecule has 216 valence electrons. The average Bonchev–Trinajstić information content (AvgIpc) is 3.01. The number of rotatable bonds is 10. The maximum Gasteiger partial charge on any atom is 0.253 e. The van der Waals surface area contributed by atoms with Crippen LogP contribution in [-0.4, -0.2) is 47.4 Å². The first-order valence-corrected chi connectivity index (χ1v) is 15.0. The van der Waals surface area contributed by atoms with Crippen LogP contribution in [0.1, 0.15) is 57.2 Å². The number of pyridine rings is 1. The van der Waals surface area contributed by atoms with E-state index in [2.05, 4.69) is 79.1 Å². The number of hydrogen-bond acceptors (Lipinski definition) is 6. The van der Waals surface area contributed by atoms with Gasteiger partial charge < -0.3 is 19.1 Å². The molecule has 5 rings (SSSR count). The fraction of sp³-hybridized carbons (Fsp3) is 0.441. The van der Waals surface area contributed by atoms with E-state index in [4.69, 9.17) is 14.7 Å². The summed E-state index contributed by atoms with van der Waals surface area (Å²) in [5.41, 5.74) is 4.94. The third kappa shape index (κ3) is 6.30. The van der Waals surface area contributed by atoms with Crippen molar-refractivity contribution in [1.82, 2.24) is 14.5 Å². The van der Waals surface area contributed by atoms with E-state index in [0.717, 1.165) is 71.8 Å². The molecule has 0 amide bonds. The first-order chi connectivity index (χ1) is 19.9. The topological polar surface area (TPSA) is 63.5 Å². The number of nitrogens with zero attached hydrogens (tertiary/aromatic N) is 5. The maximum absolute atomic E-state index is 12.4. The molecule has 0 bridgehead atoms. The molecule has 41 heavy (non-hydrogen) atoms. The van der Waals surface area contributed by atoms with Crippen LogP contribution in [0.15, 0.2) is 65.6 Å². The van der Waals surface area contributed by atoms with Crippen molar-refractivity contribution in [3.63, 3.8) is 0 Å². The van der Waals surface area contributed by atoms with E-state index in [0.29, 0.717) is 19.1 Å². The van der Waals surface area contributed by atoms with E-state index in [1.165, 1.54) is 12.0 Å². The molecule has 0 radical (unpaired) electrons. The second-order valence-corrected chi connectivity index (χ2v) is 11.4. The first kappa shape index (κ1) is 28.8. The third-order valence-corrected chi connectivity index (χ3v) is 8.31. The Balaban J connectivity index is 1.67. The molecule has 2 aromatic heterocycles. The van der Waals surface area contributed by atoms with Crippen LogP contribution < -0.4 is 15.4 Å². The molecule has 2 unspecified atom stereocenters. The molecule has 2 atom stereocenters. The van der Waals surface area contributed by atoms with Gasteiger partial charge in [-0.2, -0.15) is 4.98 Å². The van der Waals surface area contributed by atoms with Crippen molar-refractivity contribution in [2.24, 2.45) is 13.0 Å². The summed E-state index contributed by atoms with van der Waals surface area (Å²) in [6, 6.07) is 19.0. The molecule has 2 aromatic carbocycles. The van der Waals surface area contributed by atoms with E-state index in [1.54, 1.807) is 11.6 Å². The van der Waals surface area contributed by atoms with Crippen LogP contribution in [-0.2, 0) is 11.8 Å². The Hall–Kier alpha value is -3.71. The van der Waals surface area contributed by atoms with Crippen LogP contribution in [0.5, 0.6) is 0 Å². The lowest BCUT2D eigenvalue weighted by Crippen LogP contribution is -2.40. The summed E-state index contributed by atoms with van der Waals surface area (Å²) >= 11 is 0. The first-order valence-electron chi connectivity index (χ1n) is 15.0. The van der Waals surface area contributed by atoms with Gasteiger partial charge in [0, 0.05) is 43.8 Å². The number of ether oxygens (including phenoxy) is 1. The highest BCUT2D eigenvalue weighted by molar-refractivity contribution is 5.94. The molecule has 4 aromatic rings. The normalized spacial score (nSPS) is 16.2. The van der Waals surface area contributed by atoms with Crippen LogP contribution in [0.3, 0.4) is 0 Å². The number of hydrogen-bond donors (Lipinski definition) is 0. The summed E-state index contributed by atoms with van der Waals surface area (Å²) < 4.78 is 7.65. The molecule has 3 heterocycles. The minimum absolute atomic E-state index is 0.0237. The van der Waals surface area contributed by atoms with Crippen LogP contribution in [0.2, 0.25) is 0 Å². The number of benzene rings is 2. The molecule has 0 aliphatic carbocycles. The van der Waals surface area contributed by atoms with Gasteiger partial charge in [0.15, 0.2) is 0 Å². The van der Waals surface area contributed by atoms with E-state index in [9.17, 15) is 4.79 Å². The largest absolute Gasteiger partial charge is 0.377 e. The average molecular weight is 554 g/mol. The second-order valence-electron chi connectivity index (χ2n) is 11.4. The van der Waals surface area contributed by atoms with Crippen molar-refractivity contribution < 1.29 is 4.74 Å². The highest BCUT2D eigenvalue weighted by Gasteiger charge is 2.28. The molecule has 7 heteroatoms. The fourth-order valence-corrected chi connectivity index (χ4v) is 5.65. The number of aromatic nitrogens is 3. The van der Waals surface area contributed by atoms with Crippen molar-refractivity contribution in [2.45, 2.75) is 53.0 Å². The zero-order valence-corrected chi connectivity index (χ0v) is 25.1. The zero-order valence-electron chi connectivity index (χ0n) is 25.1. The molecule has 0 spiro atoms. The summed E-state index contributed by atoms with van der Waals surface area (Å²) in [5, 5.41) is 1.01. The van der Waals surface area contributed by atoms with E-state index in [1.807, 2.05) is 19.2 Å². The minimum Gasteiger partial charge on any atom is -0.377 e. The van der Waals surface area contributed by atoms with Crippen LogP contribution in [0.25, 0.3) is 22.0 Å². The van der Waals surface area contributed by atoms with E-state index in [-0.39, 0.29) is 11.6 Å². The lowest BCUT2D eigenvalue weighted by Gasteiger charge is -2.38. The van der Waals surface area contributed by atoms with E-state index < -0.39 is 0 Å². The van der Waals surface area contributed by atoms with Gasteiger partial charge in [-0.15, -0.1) is 0 Å². The van der Waals surface area contributed by atoms with Crippen molar-refractivity contribution in [1.29, 1.82) is 0 Å². The van der Waals surface area contributed by atoms with Gasteiger partial charge in [-0.05, 0) is 60.6 Å². The SMILES string of the molecule is CCCN(CCC(C)CC)c1nc(N2CCOCC2c2ccccc2)c2cc(-c3cc(C)c(=O)n(C)c3)ccc2n1. The Morgan fingerprint density at radius 1 is 1.05 bits per heavy atom. The summed E-state index contributed by atoms with van der Waals surface area (Å²) in [7, 11) is 1.81. The summed E-state index contributed by atoms with van der Waals surface area (Å²) in [4.78, 5) is 27.6. The van der Waals surface area contributed by atoms with Gasteiger partial charge >= 0.3 is 0 Å². The van der Waals surface area contributed by atoms with Crippen LogP contribution in [0, 0.1) is 12.8 Å². The maximum atomic E-state index is 12.4. The van der Waals surface area contributed by atoms with Crippen molar-refractivity contribution in [3.8, 4) is 11.1 Å². The number of aryl methyl sites for hydroxylation is 2. The lowest BCUT2D eigenvalue weighted by atomic mass is 10.0. The highest BCUT2D eigenvalue weighted by atomic mass is 16.5. The zero-order chi connectivity index (χ0) is 28.9. The molecule has 0 saturated carbocycles. The van der Waals surface area contributed by atoms with Gasteiger partial charge in [-0.25, -0.2) is 4.98 Å². The van der Waals surface area contributed by atoms with Crippen LogP contribution >= 0.6 is 0 Å². The summed E-state index contributed by atoms with van der Waals surface area (Å²) in [6.07, 6.45) is 5.23. The quantitative estimate of drug-likeness (QED) is 0.222. The Bertz CT molecular complexity index is 1510. The predicted molar refractivity (Wildman–Crippen MR) is 169 cm³/mol. The second kappa shape index (κ2) is 12.9. The van der Waals surface area contributed by atoms with Gasteiger partial charge in [-0.1, -0.05) is 63.6 Å². The third-order valence-electron chi connectivity index (χ3n) is 8.31. The molecule has 1 saturated heterocycles. The summed E-state index contributed by atoms with van der Waals surface area (Å²) in [6.45, 7) is 12.5. The number of morpholine rings is 1. The summed E-state index contributed by atoms with van der Waals surface area (Å²) in [5.74, 6) is 2.39. The standard InChI is InChI=1S/C34H43N5O2/c1-6-16-38(17-15-24(3)7-2)34-35-30-14-13-27(28-20-25(4)33(40)37(5)22-28)21-29(30)32(36-34)39-18-19-41-23-31(39)26-11-9-8-10-12-26/h8-14,20-22,24,31H,6-7,15-19,23H2,1-5H3. The van der Waals surface area contributed by atoms with Gasteiger partial charge in [-0.3, -0.25) is 4.79 Å². The smallest absolute Gasteiger partial charge is 0.253 e. The number of anilines is 2. The molecule has 7 nitrogen and oxygen atoms in total. The Morgan fingerprint density at radius 2 is 1.85 bits per heavy atom. The molecule has 1 aliphatic rings. The predicted octanol–water partition coefficient (Wildman–Crippen LogP) is 6.53. The Morgan fingerprint density at radius 3 is 2.59 bits per heavy atom. The van der Waals surface area contributed by atoms with Gasteiger partial charge in [0.1, 0.15) is 5.82 Å².